The van der Waals surface area contributed by atoms with E-state index in [-0.39, 0.29) is 15.8 Å². The van der Waals surface area contributed by atoms with E-state index in [0.717, 1.165) is 56.5 Å². The van der Waals surface area contributed by atoms with Crippen LogP contribution in [0.3, 0.4) is 0 Å². The Morgan fingerprint density at radius 2 is 2.04 bits per heavy atom. The zero-order chi connectivity index (χ0) is 19.9. The number of fused-ring (bicyclic) bond motifs is 1. The molecular formula is C18H22ClFN4O2S2. The molecule has 0 amide bonds. The summed E-state index contributed by atoms with van der Waals surface area (Å²) in [5, 5.41) is 2.03. The Labute approximate surface area is 173 Å². The van der Waals surface area contributed by atoms with Crippen molar-refractivity contribution in [3.8, 4) is 0 Å². The van der Waals surface area contributed by atoms with Crippen molar-refractivity contribution in [1.29, 1.82) is 0 Å². The lowest BCUT2D eigenvalue weighted by Gasteiger charge is -2.49. The average Bonchev–Trinajstić information content (AvgIpc) is 3.32. The molecule has 0 aliphatic carbocycles. The Kier molecular flexibility index (Phi) is 5.28. The van der Waals surface area contributed by atoms with Crippen LogP contribution in [0.1, 0.15) is 32.1 Å². The third kappa shape index (κ3) is 3.38. The van der Waals surface area contributed by atoms with Gasteiger partial charge in [-0.2, -0.15) is 0 Å². The third-order valence-corrected chi connectivity index (χ3v) is 8.25. The summed E-state index contributed by atoms with van der Waals surface area (Å²) < 4.78 is 42.3. The van der Waals surface area contributed by atoms with E-state index in [1.807, 2.05) is 11.9 Å². The van der Waals surface area contributed by atoms with Crippen LogP contribution in [-0.4, -0.2) is 44.1 Å². The number of anilines is 2. The molecule has 1 aromatic carbocycles. The zero-order valence-corrected chi connectivity index (χ0v) is 17.9. The molecule has 0 bridgehead atoms. The number of nitrogens with one attached hydrogen (secondary N) is 1. The predicted octanol–water partition coefficient (Wildman–Crippen LogP) is 4.15. The van der Waals surface area contributed by atoms with Gasteiger partial charge >= 0.3 is 0 Å². The molecule has 2 aliphatic heterocycles. The molecule has 152 valence electrons. The number of hydrogen-bond acceptors (Lipinski definition) is 6. The van der Waals surface area contributed by atoms with Crippen molar-refractivity contribution in [2.24, 2.45) is 0 Å². The van der Waals surface area contributed by atoms with E-state index in [1.54, 1.807) is 5.38 Å². The van der Waals surface area contributed by atoms with Gasteiger partial charge in [0.05, 0.1) is 16.4 Å². The summed E-state index contributed by atoms with van der Waals surface area (Å²) in [4.78, 5) is 7.88. The lowest BCUT2D eigenvalue weighted by Crippen LogP contribution is -2.58. The Morgan fingerprint density at radius 1 is 1.29 bits per heavy atom. The molecule has 0 spiro atoms. The number of rotatable bonds is 5. The second-order valence-electron chi connectivity index (χ2n) is 7.27. The monoisotopic (exact) mass is 444 g/mol. The first kappa shape index (κ1) is 19.9. The first-order valence-electron chi connectivity index (χ1n) is 9.24. The number of aromatic nitrogens is 1. The molecule has 2 aromatic rings. The van der Waals surface area contributed by atoms with Gasteiger partial charge in [-0.25, -0.2) is 17.8 Å². The number of nitrogens with zero attached hydrogens (tertiary/aromatic N) is 3. The van der Waals surface area contributed by atoms with Crippen LogP contribution in [0.15, 0.2) is 28.6 Å². The van der Waals surface area contributed by atoms with E-state index < -0.39 is 20.7 Å². The number of benzene rings is 1. The summed E-state index contributed by atoms with van der Waals surface area (Å²) in [5.74, 6) is -0.827. The fourth-order valence-electron chi connectivity index (χ4n) is 4.43. The summed E-state index contributed by atoms with van der Waals surface area (Å²) in [7, 11) is -2.19. The molecule has 1 N–H and O–H groups in total. The normalized spacial score (nSPS) is 22.8. The fraction of sp³-hybridized carbons (Fsp3) is 0.500. The quantitative estimate of drug-likeness (QED) is 0.750. The zero-order valence-electron chi connectivity index (χ0n) is 15.5. The molecule has 6 nitrogen and oxygen atoms in total. The first-order valence-corrected chi connectivity index (χ1v) is 12.0. The summed E-state index contributed by atoms with van der Waals surface area (Å²) in [6.07, 6.45) is 6.83. The lowest BCUT2D eigenvalue weighted by atomic mass is 9.93. The van der Waals surface area contributed by atoms with E-state index in [9.17, 15) is 12.8 Å². The molecule has 4 rings (SSSR count). The molecule has 2 saturated heterocycles. The van der Waals surface area contributed by atoms with Crippen LogP contribution in [0.2, 0.25) is 5.02 Å². The largest absolute Gasteiger partial charge is 0.355 e. The Balaban J connectivity index is 1.68. The van der Waals surface area contributed by atoms with Crippen LogP contribution in [0.4, 0.5) is 15.2 Å². The standard InChI is InChI=1S/C18H22ClFN4O2S2/c1-23(18-5-2-3-8-24(18)9-4-6-18)15-12-14(20)16(11-13(15)19)28(25,26)22-17-21-7-10-27-17/h7,10-12H,2-6,8-9H2,1H3,(H,21,22)/t18-/m0/s1. The number of thiazole rings is 1. The number of piperidine rings is 1. The maximum atomic E-state index is 14.9. The Bertz CT molecular complexity index is 970. The lowest BCUT2D eigenvalue weighted by molar-refractivity contribution is 0.0905. The van der Waals surface area contributed by atoms with Crippen molar-refractivity contribution in [3.63, 3.8) is 0 Å². The van der Waals surface area contributed by atoms with Crippen molar-refractivity contribution in [2.45, 2.75) is 42.7 Å². The molecule has 10 heteroatoms. The molecule has 0 unspecified atom stereocenters. The Hall–Kier alpha value is -1.42. The van der Waals surface area contributed by atoms with Gasteiger partial charge in [-0.15, -0.1) is 11.3 Å². The highest BCUT2D eigenvalue weighted by molar-refractivity contribution is 7.93. The molecule has 28 heavy (non-hydrogen) atoms. The van der Waals surface area contributed by atoms with Crippen LogP contribution in [0, 0.1) is 5.82 Å². The van der Waals surface area contributed by atoms with E-state index in [0.29, 0.717) is 5.69 Å². The van der Waals surface area contributed by atoms with E-state index in [1.165, 1.54) is 18.3 Å². The van der Waals surface area contributed by atoms with Crippen molar-refractivity contribution < 1.29 is 12.8 Å². The van der Waals surface area contributed by atoms with Gasteiger partial charge in [-0.3, -0.25) is 9.62 Å². The molecule has 0 radical (unpaired) electrons. The van der Waals surface area contributed by atoms with E-state index in [4.69, 9.17) is 11.6 Å². The Morgan fingerprint density at radius 3 is 2.79 bits per heavy atom. The maximum absolute atomic E-state index is 14.9. The minimum absolute atomic E-state index is 0.173. The average molecular weight is 445 g/mol. The van der Waals surface area contributed by atoms with Crippen LogP contribution >= 0.6 is 22.9 Å². The van der Waals surface area contributed by atoms with Gasteiger partial charge in [0.1, 0.15) is 10.7 Å². The van der Waals surface area contributed by atoms with Gasteiger partial charge in [0.15, 0.2) is 5.13 Å². The molecule has 1 atom stereocenters. The third-order valence-electron chi connectivity index (χ3n) is 5.78. The second-order valence-corrected chi connectivity index (χ2v) is 10.2. The van der Waals surface area contributed by atoms with Gasteiger partial charge in [-0.1, -0.05) is 11.6 Å². The highest BCUT2D eigenvalue weighted by atomic mass is 35.5. The summed E-state index contributed by atoms with van der Waals surface area (Å²) >= 11 is 7.58. The van der Waals surface area contributed by atoms with Crippen molar-refractivity contribution in [3.05, 3.63) is 34.5 Å². The first-order chi connectivity index (χ1) is 13.3. The van der Waals surface area contributed by atoms with Gasteiger partial charge in [0.2, 0.25) is 0 Å². The molecule has 1 aromatic heterocycles. The van der Waals surface area contributed by atoms with Crippen LogP contribution in [-0.2, 0) is 10.0 Å². The molecule has 2 fully saturated rings. The van der Waals surface area contributed by atoms with Gasteiger partial charge < -0.3 is 4.90 Å². The van der Waals surface area contributed by atoms with Crippen LogP contribution < -0.4 is 9.62 Å². The van der Waals surface area contributed by atoms with Crippen LogP contribution in [0.5, 0.6) is 0 Å². The highest BCUT2D eigenvalue weighted by Gasteiger charge is 2.46. The summed E-state index contributed by atoms with van der Waals surface area (Å²) in [6.45, 7) is 2.04. The molecule has 0 saturated carbocycles. The minimum Gasteiger partial charge on any atom is -0.355 e. The minimum atomic E-state index is -4.11. The summed E-state index contributed by atoms with van der Waals surface area (Å²) in [5.41, 5.74) is 0.342. The maximum Gasteiger partial charge on any atom is 0.266 e. The second kappa shape index (κ2) is 7.44. The highest BCUT2D eigenvalue weighted by Crippen LogP contribution is 2.44. The van der Waals surface area contributed by atoms with Gasteiger partial charge in [0, 0.05) is 37.8 Å². The van der Waals surface area contributed by atoms with E-state index in [2.05, 4.69) is 14.6 Å². The van der Waals surface area contributed by atoms with Crippen molar-refractivity contribution >= 4 is 43.8 Å². The fourth-order valence-corrected chi connectivity index (χ4v) is 6.66. The van der Waals surface area contributed by atoms with Crippen molar-refractivity contribution in [2.75, 3.05) is 29.8 Å². The smallest absolute Gasteiger partial charge is 0.266 e. The number of sulfonamides is 1. The molecule has 3 heterocycles. The molecular weight excluding hydrogens is 423 g/mol. The molecule has 2 aliphatic rings. The van der Waals surface area contributed by atoms with Crippen molar-refractivity contribution in [1.82, 2.24) is 9.88 Å². The van der Waals surface area contributed by atoms with Gasteiger partial charge in [0.25, 0.3) is 10.0 Å². The number of halogens is 2. The predicted molar refractivity (Wildman–Crippen MR) is 110 cm³/mol. The van der Waals surface area contributed by atoms with Gasteiger partial charge in [-0.05, 0) is 38.2 Å². The SMILES string of the molecule is CN(c1cc(F)c(S(=O)(=O)Nc2nccs2)cc1Cl)[C@@]12CCCCN1CCC2. The topological polar surface area (TPSA) is 65.5 Å². The van der Waals surface area contributed by atoms with E-state index >= 15 is 0 Å². The number of hydrogen-bond donors (Lipinski definition) is 1. The van der Waals surface area contributed by atoms with Crippen LogP contribution in [0.25, 0.3) is 0 Å². The summed E-state index contributed by atoms with van der Waals surface area (Å²) in [6, 6.07) is 2.43.